The van der Waals surface area contributed by atoms with Gasteiger partial charge in [-0.3, -0.25) is 0 Å². The van der Waals surface area contributed by atoms with Gasteiger partial charge in [-0.1, -0.05) is 43.3 Å². The summed E-state index contributed by atoms with van der Waals surface area (Å²) in [6.45, 7) is 2.20. The SMILES string of the molecule is CCCOC(=O)/C(C(=O)OC)=C1\C=C(c2ccccc2)CCC1. The van der Waals surface area contributed by atoms with Crippen molar-refractivity contribution in [2.75, 3.05) is 13.7 Å². The summed E-state index contributed by atoms with van der Waals surface area (Å²) in [5, 5.41) is 0. The Bertz CT molecular complexity index is 626. The average Bonchev–Trinajstić information content (AvgIpc) is 2.61. The van der Waals surface area contributed by atoms with Gasteiger partial charge in [0.1, 0.15) is 5.57 Å². The number of allylic oxidation sites excluding steroid dienone is 3. The first kappa shape index (κ1) is 17.0. The van der Waals surface area contributed by atoms with Crippen LogP contribution in [0.25, 0.3) is 5.57 Å². The van der Waals surface area contributed by atoms with E-state index in [0.29, 0.717) is 25.0 Å². The van der Waals surface area contributed by atoms with E-state index in [-0.39, 0.29) is 5.57 Å². The number of methoxy groups -OCH3 is 1. The van der Waals surface area contributed by atoms with Crippen molar-refractivity contribution in [3.63, 3.8) is 0 Å². The number of carbonyl (C=O) groups excluding carboxylic acids is 2. The molecule has 0 fully saturated rings. The monoisotopic (exact) mass is 314 g/mol. The van der Waals surface area contributed by atoms with Crippen LogP contribution in [0.1, 0.15) is 38.2 Å². The highest BCUT2D eigenvalue weighted by molar-refractivity contribution is 6.15. The van der Waals surface area contributed by atoms with E-state index in [2.05, 4.69) is 0 Å². The smallest absolute Gasteiger partial charge is 0.345 e. The number of rotatable bonds is 5. The summed E-state index contributed by atoms with van der Waals surface area (Å²) < 4.78 is 9.92. The van der Waals surface area contributed by atoms with Crippen LogP contribution in [0.4, 0.5) is 0 Å². The molecule has 0 bridgehead atoms. The lowest BCUT2D eigenvalue weighted by Crippen LogP contribution is -2.20. The van der Waals surface area contributed by atoms with Gasteiger partial charge in [-0.15, -0.1) is 0 Å². The Morgan fingerprint density at radius 1 is 1.09 bits per heavy atom. The van der Waals surface area contributed by atoms with Crippen LogP contribution in [0.2, 0.25) is 0 Å². The fourth-order valence-corrected chi connectivity index (χ4v) is 2.62. The first-order valence-corrected chi connectivity index (χ1v) is 7.92. The van der Waals surface area contributed by atoms with E-state index in [1.807, 2.05) is 43.3 Å². The van der Waals surface area contributed by atoms with Gasteiger partial charge in [-0.25, -0.2) is 9.59 Å². The molecule has 0 aromatic heterocycles. The van der Waals surface area contributed by atoms with Crippen molar-refractivity contribution < 1.29 is 19.1 Å². The molecule has 0 atom stereocenters. The predicted octanol–water partition coefficient (Wildman–Crippen LogP) is 3.68. The second kappa shape index (κ2) is 8.32. The van der Waals surface area contributed by atoms with Crippen LogP contribution >= 0.6 is 0 Å². The van der Waals surface area contributed by atoms with E-state index in [1.54, 1.807) is 0 Å². The predicted molar refractivity (Wildman–Crippen MR) is 88.6 cm³/mol. The summed E-state index contributed by atoms with van der Waals surface area (Å²) >= 11 is 0. The summed E-state index contributed by atoms with van der Waals surface area (Å²) in [7, 11) is 1.28. The zero-order valence-corrected chi connectivity index (χ0v) is 13.6. The molecule has 4 nitrogen and oxygen atoms in total. The van der Waals surface area contributed by atoms with Gasteiger partial charge in [0, 0.05) is 0 Å². The third-order valence-electron chi connectivity index (χ3n) is 3.74. The van der Waals surface area contributed by atoms with Crippen molar-refractivity contribution >= 4 is 17.5 Å². The minimum absolute atomic E-state index is 0.0223. The van der Waals surface area contributed by atoms with Crippen LogP contribution in [0.15, 0.2) is 47.6 Å². The topological polar surface area (TPSA) is 52.6 Å². The lowest BCUT2D eigenvalue weighted by Gasteiger charge is -2.18. The fourth-order valence-electron chi connectivity index (χ4n) is 2.62. The molecule has 1 aromatic carbocycles. The molecule has 122 valence electrons. The molecule has 0 N–H and O–H groups in total. The average molecular weight is 314 g/mol. The molecule has 1 aliphatic rings. The second-order valence-electron chi connectivity index (χ2n) is 5.42. The molecule has 0 saturated heterocycles. The number of hydrogen-bond donors (Lipinski definition) is 0. The quantitative estimate of drug-likeness (QED) is 0.360. The van der Waals surface area contributed by atoms with E-state index in [1.165, 1.54) is 7.11 Å². The maximum atomic E-state index is 12.2. The minimum Gasteiger partial charge on any atom is -0.465 e. The summed E-state index contributed by atoms with van der Waals surface area (Å²) in [5.74, 6) is -1.23. The number of esters is 2. The lowest BCUT2D eigenvalue weighted by molar-refractivity contribution is -0.145. The molecule has 0 aliphatic heterocycles. The summed E-state index contributed by atoms with van der Waals surface area (Å²) in [6.07, 6.45) is 5.12. The molecule has 0 heterocycles. The van der Waals surface area contributed by atoms with Crippen molar-refractivity contribution in [2.24, 2.45) is 0 Å². The number of hydrogen-bond acceptors (Lipinski definition) is 4. The molecule has 0 unspecified atom stereocenters. The standard InChI is InChI=1S/C19H22O4/c1-3-12-23-19(21)17(18(20)22-2)16-11-7-10-15(13-16)14-8-5-4-6-9-14/h4-6,8-9,13H,3,7,10-12H2,1-2H3/b17-16-. The Kier molecular flexibility index (Phi) is 6.15. The van der Waals surface area contributed by atoms with E-state index < -0.39 is 11.9 Å². The van der Waals surface area contributed by atoms with Gasteiger partial charge >= 0.3 is 11.9 Å². The molecule has 0 saturated carbocycles. The summed E-state index contributed by atoms with van der Waals surface area (Å²) in [6, 6.07) is 9.98. The third-order valence-corrected chi connectivity index (χ3v) is 3.74. The maximum Gasteiger partial charge on any atom is 0.345 e. The van der Waals surface area contributed by atoms with E-state index in [4.69, 9.17) is 9.47 Å². The zero-order chi connectivity index (χ0) is 16.7. The van der Waals surface area contributed by atoms with E-state index >= 15 is 0 Å². The number of benzene rings is 1. The highest BCUT2D eigenvalue weighted by Gasteiger charge is 2.26. The van der Waals surface area contributed by atoms with Gasteiger partial charge in [0.2, 0.25) is 0 Å². The molecule has 23 heavy (non-hydrogen) atoms. The van der Waals surface area contributed by atoms with Gasteiger partial charge in [-0.05, 0) is 42.4 Å². The van der Waals surface area contributed by atoms with Gasteiger partial charge in [0.25, 0.3) is 0 Å². The van der Waals surface area contributed by atoms with Crippen LogP contribution in [0.3, 0.4) is 0 Å². The van der Waals surface area contributed by atoms with Gasteiger partial charge < -0.3 is 9.47 Å². The molecular formula is C19H22O4. The molecule has 1 aliphatic carbocycles. The molecule has 0 amide bonds. The van der Waals surface area contributed by atoms with Crippen LogP contribution in [0, 0.1) is 0 Å². The molecule has 1 aromatic rings. The van der Waals surface area contributed by atoms with Crippen LogP contribution in [-0.2, 0) is 19.1 Å². The lowest BCUT2D eigenvalue weighted by atomic mass is 9.88. The minimum atomic E-state index is -0.633. The molecule has 0 radical (unpaired) electrons. The Labute approximate surface area is 136 Å². The van der Waals surface area contributed by atoms with Crippen molar-refractivity contribution in [1.29, 1.82) is 0 Å². The Balaban J connectivity index is 2.40. The van der Waals surface area contributed by atoms with Gasteiger partial charge in [-0.2, -0.15) is 0 Å². The van der Waals surface area contributed by atoms with Crippen molar-refractivity contribution in [3.8, 4) is 0 Å². The van der Waals surface area contributed by atoms with Crippen molar-refractivity contribution in [3.05, 3.63) is 53.1 Å². The Morgan fingerprint density at radius 3 is 2.48 bits per heavy atom. The van der Waals surface area contributed by atoms with Crippen LogP contribution in [0.5, 0.6) is 0 Å². The largest absolute Gasteiger partial charge is 0.465 e. The van der Waals surface area contributed by atoms with E-state index in [0.717, 1.165) is 24.0 Å². The first-order valence-electron chi connectivity index (χ1n) is 7.92. The number of ether oxygens (including phenoxy) is 2. The zero-order valence-electron chi connectivity index (χ0n) is 13.6. The molecule has 4 heteroatoms. The van der Waals surface area contributed by atoms with Gasteiger partial charge in [0.15, 0.2) is 0 Å². The Hall–Kier alpha value is -2.36. The maximum absolute atomic E-state index is 12.2. The highest BCUT2D eigenvalue weighted by Crippen LogP contribution is 2.31. The molecule has 0 spiro atoms. The summed E-state index contributed by atoms with van der Waals surface area (Å²) in [4.78, 5) is 24.3. The van der Waals surface area contributed by atoms with Crippen LogP contribution in [-0.4, -0.2) is 25.7 Å². The second-order valence-corrected chi connectivity index (χ2v) is 5.42. The van der Waals surface area contributed by atoms with E-state index in [9.17, 15) is 9.59 Å². The first-order chi connectivity index (χ1) is 11.2. The highest BCUT2D eigenvalue weighted by atomic mass is 16.5. The van der Waals surface area contributed by atoms with Crippen LogP contribution < -0.4 is 0 Å². The third kappa shape index (κ3) is 4.31. The van der Waals surface area contributed by atoms with Crippen molar-refractivity contribution in [1.82, 2.24) is 0 Å². The number of carbonyl (C=O) groups is 2. The van der Waals surface area contributed by atoms with Gasteiger partial charge in [0.05, 0.1) is 13.7 Å². The molecular weight excluding hydrogens is 292 g/mol. The Morgan fingerprint density at radius 2 is 1.83 bits per heavy atom. The van der Waals surface area contributed by atoms with Crippen molar-refractivity contribution in [2.45, 2.75) is 32.6 Å². The summed E-state index contributed by atoms with van der Waals surface area (Å²) in [5.41, 5.74) is 2.95. The fraction of sp³-hybridized carbons (Fsp3) is 0.368. The normalized spacial score (nSPS) is 16.3. The molecule has 2 rings (SSSR count).